The lowest BCUT2D eigenvalue weighted by molar-refractivity contribution is 0.417. The standard InChI is InChI=1S/C11H23N/c1-10(2,3)8-7-9-12-11(4,5)6/h7,9,12H,8H2,1-6H3/b9-7-. The van der Waals surface area contributed by atoms with Crippen molar-refractivity contribution in [2.45, 2.75) is 53.5 Å². The molecule has 0 saturated carbocycles. The third-order valence-corrected chi connectivity index (χ3v) is 1.36. The third kappa shape index (κ3) is 9.54. The first-order chi connectivity index (χ1) is 5.21. The second-order valence-electron chi connectivity index (χ2n) is 5.56. The van der Waals surface area contributed by atoms with E-state index in [0.717, 1.165) is 6.42 Å². The Kier molecular flexibility index (Phi) is 3.82. The van der Waals surface area contributed by atoms with Gasteiger partial charge in [0, 0.05) is 5.54 Å². The molecule has 1 nitrogen and oxygen atoms in total. The Hall–Kier alpha value is -0.460. The van der Waals surface area contributed by atoms with Crippen LogP contribution in [0, 0.1) is 5.41 Å². The maximum atomic E-state index is 3.31. The predicted octanol–water partition coefficient (Wildman–Crippen LogP) is 3.32. The van der Waals surface area contributed by atoms with Gasteiger partial charge in [0.2, 0.25) is 0 Å². The van der Waals surface area contributed by atoms with E-state index >= 15 is 0 Å². The van der Waals surface area contributed by atoms with E-state index in [4.69, 9.17) is 0 Å². The Bertz CT molecular complexity index is 125. The van der Waals surface area contributed by atoms with Crippen LogP contribution in [0.5, 0.6) is 0 Å². The summed E-state index contributed by atoms with van der Waals surface area (Å²) < 4.78 is 0. The summed E-state index contributed by atoms with van der Waals surface area (Å²) in [6.07, 6.45) is 5.38. The van der Waals surface area contributed by atoms with Crippen molar-refractivity contribution in [2.24, 2.45) is 5.41 Å². The summed E-state index contributed by atoms with van der Waals surface area (Å²) >= 11 is 0. The highest BCUT2D eigenvalue weighted by Crippen LogP contribution is 2.18. The first kappa shape index (κ1) is 11.5. The second kappa shape index (κ2) is 3.97. The molecule has 0 aromatic carbocycles. The van der Waals surface area contributed by atoms with Crippen LogP contribution >= 0.6 is 0 Å². The molecule has 0 radical (unpaired) electrons. The van der Waals surface area contributed by atoms with Crippen LogP contribution in [0.15, 0.2) is 12.3 Å². The van der Waals surface area contributed by atoms with Crippen LogP contribution in [0.1, 0.15) is 48.0 Å². The van der Waals surface area contributed by atoms with E-state index in [-0.39, 0.29) is 5.54 Å². The first-order valence-corrected chi connectivity index (χ1v) is 4.63. The fourth-order valence-electron chi connectivity index (χ4n) is 0.721. The summed E-state index contributed by atoms with van der Waals surface area (Å²) in [4.78, 5) is 0. The maximum absolute atomic E-state index is 3.31. The van der Waals surface area contributed by atoms with Crippen molar-refractivity contribution in [1.29, 1.82) is 0 Å². The summed E-state index contributed by atoms with van der Waals surface area (Å²) in [6, 6.07) is 0. The van der Waals surface area contributed by atoms with Gasteiger partial charge in [0.25, 0.3) is 0 Å². The number of rotatable bonds is 2. The van der Waals surface area contributed by atoms with Crippen LogP contribution in [0.4, 0.5) is 0 Å². The average molecular weight is 169 g/mol. The fourth-order valence-corrected chi connectivity index (χ4v) is 0.721. The van der Waals surface area contributed by atoms with Crippen molar-refractivity contribution in [3.8, 4) is 0 Å². The molecular weight excluding hydrogens is 146 g/mol. The van der Waals surface area contributed by atoms with Gasteiger partial charge in [-0.3, -0.25) is 0 Å². The number of allylic oxidation sites excluding steroid dienone is 1. The van der Waals surface area contributed by atoms with Crippen molar-refractivity contribution >= 4 is 0 Å². The second-order valence-corrected chi connectivity index (χ2v) is 5.56. The highest BCUT2D eigenvalue weighted by molar-refractivity contribution is 4.88. The van der Waals surface area contributed by atoms with Gasteiger partial charge >= 0.3 is 0 Å². The van der Waals surface area contributed by atoms with Crippen LogP contribution in [0.3, 0.4) is 0 Å². The Morgan fingerprint density at radius 2 is 1.50 bits per heavy atom. The molecule has 1 N–H and O–H groups in total. The molecule has 0 aliphatic heterocycles. The van der Waals surface area contributed by atoms with Gasteiger partial charge < -0.3 is 5.32 Å². The van der Waals surface area contributed by atoms with Gasteiger partial charge in [-0.15, -0.1) is 0 Å². The Balaban J connectivity index is 3.66. The fraction of sp³-hybridized carbons (Fsp3) is 0.818. The molecule has 72 valence electrons. The van der Waals surface area contributed by atoms with E-state index in [1.54, 1.807) is 0 Å². The van der Waals surface area contributed by atoms with Crippen LogP contribution in [0.25, 0.3) is 0 Å². The maximum Gasteiger partial charge on any atom is 0.0283 e. The molecule has 0 rings (SSSR count). The van der Waals surface area contributed by atoms with E-state index in [1.807, 2.05) is 0 Å². The normalized spacial score (nSPS) is 13.8. The van der Waals surface area contributed by atoms with E-state index in [1.165, 1.54) is 0 Å². The molecule has 1 heteroatoms. The minimum absolute atomic E-state index is 0.189. The minimum Gasteiger partial charge on any atom is -0.387 e. The Morgan fingerprint density at radius 1 is 1.00 bits per heavy atom. The number of nitrogens with one attached hydrogen (secondary N) is 1. The SMILES string of the molecule is CC(C)(C)C/C=C\NC(C)(C)C. The van der Waals surface area contributed by atoms with Crippen molar-refractivity contribution < 1.29 is 0 Å². The van der Waals surface area contributed by atoms with Crippen molar-refractivity contribution in [3.63, 3.8) is 0 Å². The lowest BCUT2D eigenvalue weighted by Crippen LogP contribution is -2.31. The number of hydrogen-bond acceptors (Lipinski definition) is 1. The topological polar surface area (TPSA) is 12.0 Å². The van der Waals surface area contributed by atoms with Crippen LogP contribution in [-0.4, -0.2) is 5.54 Å². The summed E-state index contributed by atoms with van der Waals surface area (Å²) in [5.74, 6) is 0. The molecule has 0 fully saturated rings. The van der Waals surface area contributed by atoms with Gasteiger partial charge in [-0.1, -0.05) is 26.8 Å². The molecule has 0 aliphatic rings. The lowest BCUT2D eigenvalue weighted by atomic mass is 9.92. The molecule has 0 atom stereocenters. The van der Waals surface area contributed by atoms with Crippen molar-refractivity contribution in [2.75, 3.05) is 0 Å². The van der Waals surface area contributed by atoms with Crippen molar-refractivity contribution in [3.05, 3.63) is 12.3 Å². The number of hydrogen-bond donors (Lipinski definition) is 1. The van der Waals surface area contributed by atoms with E-state index in [2.05, 4.69) is 59.1 Å². The zero-order valence-electron chi connectivity index (χ0n) is 9.36. The zero-order chi connectivity index (χ0) is 9.83. The average Bonchev–Trinajstić information content (AvgIpc) is 1.76. The smallest absolute Gasteiger partial charge is 0.0283 e. The molecule has 0 spiro atoms. The predicted molar refractivity (Wildman–Crippen MR) is 56.1 cm³/mol. The van der Waals surface area contributed by atoms with Crippen LogP contribution in [-0.2, 0) is 0 Å². The third-order valence-electron chi connectivity index (χ3n) is 1.36. The summed E-state index contributed by atoms with van der Waals surface area (Å²) in [5.41, 5.74) is 0.588. The molecule has 0 aromatic rings. The monoisotopic (exact) mass is 169 g/mol. The summed E-state index contributed by atoms with van der Waals surface area (Å²) in [5, 5.41) is 3.31. The van der Waals surface area contributed by atoms with Gasteiger partial charge in [-0.2, -0.15) is 0 Å². The molecular formula is C11H23N. The molecule has 0 bridgehead atoms. The molecule has 0 unspecified atom stereocenters. The highest BCUT2D eigenvalue weighted by Gasteiger charge is 2.07. The van der Waals surface area contributed by atoms with E-state index in [9.17, 15) is 0 Å². The lowest BCUT2D eigenvalue weighted by Gasteiger charge is -2.19. The summed E-state index contributed by atoms with van der Waals surface area (Å²) in [6.45, 7) is 13.2. The minimum atomic E-state index is 0.189. The highest BCUT2D eigenvalue weighted by atomic mass is 14.9. The molecule has 0 aliphatic carbocycles. The Morgan fingerprint density at radius 3 is 1.83 bits per heavy atom. The summed E-state index contributed by atoms with van der Waals surface area (Å²) in [7, 11) is 0. The van der Waals surface area contributed by atoms with Gasteiger partial charge in [-0.05, 0) is 38.8 Å². The molecule has 0 amide bonds. The van der Waals surface area contributed by atoms with E-state index in [0.29, 0.717) is 5.41 Å². The zero-order valence-corrected chi connectivity index (χ0v) is 9.36. The molecule has 0 saturated heterocycles. The Labute approximate surface area is 77.2 Å². The first-order valence-electron chi connectivity index (χ1n) is 4.63. The van der Waals surface area contributed by atoms with Gasteiger partial charge in [-0.25, -0.2) is 0 Å². The quantitative estimate of drug-likeness (QED) is 0.668. The molecule has 12 heavy (non-hydrogen) atoms. The van der Waals surface area contributed by atoms with Crippen LogP contribution in [0.2, 0.25) is 0 Å². The molecule has 0 aromatic heterocycles. The van der Waals surface area contributed by atoms with Gasteiger partial charge in [0.15, 0.2) is 0 Å². The van der Waals surface area contributed by atoms with Gasteiger partial charge in [0.05, 0.1) is 0 Å². The van der Waals surface area contributed by atoms with Crippen LogP contribution < -0.4 is 5.32 Å². The van der Waals surface area contributed by atoms with E-state index < -0.39 is 0 Å². The molecule has 0 heterocycles. The van der Waals surface area contributed by atoms with Crippen molar-refractivity contribution in [1.82, 2.24) is 5.32 Å². The van der Waals surface area contributed by atoms with Gasteiger partial charge in [0.1, 0.15) is 0 Å². The largest absolute Gasteiger partial charge is 0.387 e.